The van der Waals surface area contributed by atoms with Gasteiger partial charge in [0, 0.05) is 95.0 Å². The number of carbonyl (C=O) groups is 6. The fraction of sp³-hybridized carbons (Fsp3) is 0.500. The number of fused-ring (bicyclic) bond motifs is 2. The molecular formula is C58H79N10O25P3S2. The first kappa shape index (κ1) is 81.5. The Labute approximate surface area is 570 Å². The van der Waals surface area contributed by atoms with Crippen molar-refractivity contribution in [3.05, 3.63) is 92.3 Å². The smallest absolute Gasteiger partial charge is 0.478 e. The summed E-state index contributed by atoms with van der Waals surface area (Å²) in [5.74, 6) is 3.32. The molecule has 3 aliphatic rings. The summed E-state index contributed by atoms with van der Waals surface area (Å²) < 4.78 is 91.5. The number of hydrogen-bond acceptors (Lipinski definition) is 26. The normalized spacial score (nSPS) is 16.2. The lowest BCUT2D eigenvalue weighted by Gasteiger charge is -2.22. The number of rotatable bonds is 42. The number of carbonyl (C=O) groups excluding carboxylic acids is 5. The molecule has 0 radical (unpaired) electrons. The average Bonchev–Trinajstić information content (AvgIpc) is 0.884. The van der Waals surface area contributed by atoms with Crippen molar-refractivity contribution >= 4 is 98.1 Å². The van der Waals surface area contributed by atoms with Gasteiger partial charge < -0.3 is 88.8 Å². The van der Waals surface area contributed by atoms with Gasteiger partial charge in [-0.1, -0.05) is 38.5 Å². The maximum Gasteiger partial charge on any atom is 0.490 e. The van der Waals surface area contributed by atoms with E-state index in [4.69, 9.17) is 52.9 Å². The largest absolute Gasteiger partial charge is 0.490 e. The zero-order chi connectivity index (χ0) is 71.9. The average molecular weight is 1470 g/mol. The number of nitrogens with one attached hydrogen (secondary N) is 6. The van der Waals surface area contributed by atoms with Gasteiger partial charge in [0.1, 0.15) is 41.9 Å². The second kappa shape index (κ2) is 40.8. The lowest BCUT2D eigenvalue weighted by Crippen LogP contribution is -2.30. The summed E-state index contributed by atoms with van der Waals surface area (Å²) in [5, 5.41) is 30.9. The first-order valence-electron chi connectivity index (χ1n) is 30.1. The van der Waals surface area contributed by atoms with Gasteiger partial charge in [-0.05, 0) is 113 Å². The molecule has 2 heterocycles. The highest BCUT2D eigenvalue weighted by Crippen LogP contribution is 2.66. The number of phosphoric acid groups is 3. The number of imide groups is 1. The Bertz CT molecular complexity index is 3750. The summed E-state index contributed by atoms with van der Waals surface area (Å²) in [6, 6.07) is 12.2. The third-order valence-electron chi connectivity index (χ3n) is 13.4. The fourth-order valence-corrected chi connectivity index (χ4v) is 14.2. The molecule has 0 spiro atoms. The molecule has 98 heavy (non-hydrogen) atoms. The summed E-state index contributed by atoms with van der Waals surface area (Å²) in [7, 11) is -14.0. The quantitative estimate of drug-likeness (QED) is 0.00178. The minimum Gasteiger partial charge on any atom is -0.478 e. The molecule has 0 saturated carbocycles. The Hall–Kier alpha value is -7.13. The molecule has 5 rings (SSSR count). The molecule has 1 aliphatic carbocycles. The molecule has 35 nitrogen and oxygen atoms in total. The number of ether oxygens (including phenoxy) is 7. The van der Waals surface area contributed by atoms with Crippen molar-refractivity contribution in [3.63, 3.8) is 0 Å². The molecule has 2 aromatic carbocycles. The third-order valence-corrected chi connectivity index (χ3v) is 20.2. The maximum atomic E-state index is 13.5. The zero-order valence-corrected chi connectivity index (χ0v) is 58.5. The first-order chi connectivity index (χ1) is 46.6. The summed E-state index contributed by atoms with van der Waals surface area (Å²) in [4.78, 5) is 118. The molecule has 11 N–H and O–H groups in total. The monoisotopic (exact) mass is 1470 g/mol. The number of anilines is 1. The van der Waals surface area contributed by atoms with Crippen LogP contribution in [0.5, 0.6) is 0 Å². The summed E-state index contributed by atoms with van der Waals surface area (Å²) >= 11 is 0. The zero-order valence-electron chi connectivity index (χ0n) is 54.2. The Morgan fingerprint density at radius 1 is 0.847 bits per heavy atom. The molecule has 2 aromatic rings. The van der Waals surface area contributed by atoms with Crippen LogP contribution in [0.2, 0.25) is 0 Å². The molecule has 2 aliphatic heterocycles. The van der Waals surface area contributed by atoms with E-state index < -0.39 is 85.2 Å². The van der Waals surface area contributed by atoms with Crippen molar-refractivity contribution in [3.8, 4) is 34.3 Å². The van der Waals surface area contributed by atoms with Gasteiger partial charge in [0.2, 0.25) is 6.41 Å². The van der Waals surface area contributed by atoms with Gasteiger partial charge in [-0.25, -0.2) is 28.1 Å². The van der Waals surface area contributed by atoms with E-state index in [0.29, 0.717) is 78.3 Å². The van der Waals surface area contributed by atoms with Crippen LogP contribution in [-0.4, -0.2) is 182 Å². The molecule has 40 heteroatoms. The van der Waals surface area contributed by atoms with E-state index in [1.54, 1.807) is 16.9 Å². The van der Waals surface area contributed by atoms with Crippen molar-refractivity contribution in [2.24, 2.45) is 10.1 Å². The standard InChI is InChI=1S/C58H79N10O25P3S2/c1-7-60-45-29-47-43(26-37(45)3)52(44-27-38(4)46(61-8-2)30-48(44)90-47)42-28-39(13-14-41(42)55(72)73)53(70)62-17-22-83-24-25-84-23-18-64-57(75)87-21-15-58(5,6)98-97-36-85-19-9-10-20-86-56(74)63-16-11-12-40(54(71)66-34-69)32-65-51-31-49(88-35-67-68-59)50(91-51)33-89-95(79,80)93-96(81,82)92-94(76,77)78/h13-14,26-30,32,34,49-51,60,65H,7-10,15-25,31,33,35-36H2,1-6H3,(H,62,70)(H,63,74)(H,64,75)(H,72,73)(H,79,80)(H,81,82)(H,66,69,71)(H2,76,77,78)/b40-32-,61-46-/t49?,50-,51-/m1/s1. The number of carboxylic acid groups (broad SMARTS) is 1. The van der Waals surface area contributed by atoms with E-state index in [-0.39, 0.29) is 93.6 Å². The van der Waals surface area contributed by atoms with Crippen LogP contribution in [0.25, 0.3) is 43.9 Å². The molecule has 1 fully saturated rings. The summed E-state index contributed by atoms with van der Waals surface area (Å²) in [5.41, 5.74) is 13.4. The number of azide groups is 1. The Kier molecular flexibility index (Phi) is 34.0. The van der Waals surface area contributed by atoms with Gasteiger partial charge in [-0.15, -0.1) is 0 Å². The first-order valence-corrected chi connectivity index (χ1v) is 37.0. The molecule has 0 aromatic heterocycles. The van der Waals surface area contributed by atoms with Crippen LogP contribution < -0.4 is 37.3 Å². The molecule has 3 unspecified atom stereocenters. The van der Waals surface area contributed by atoms with E-state index in [1.165, 1.54) is 22.9 Å². The molecule has 0 bridgehead atoms. The van der Waals surface area contributed by atoms with Crippen molar-refractivity contribution < 1.29 is 118 Å². The van der Waals surface area contributed by atoms with Crippen LogP contribution in [0.1, 0.15) is 85.2 Å². The van der Waals surface area contributed by atoms with E-state index in [1.807, 2.05) is 71.1 Å². The maximum absolute atomic E-state index is 13.5. The minimum atomic E-state index is -5.82. The number of aryl methyl sites for hydroxylation is 2. The van der Waals surface area contributed by atoms with Gasteiger partial charge >= 0.3 is 41.6 Å². The summed E-state index contributed by atoms with van der Waals surface area (Å²) in [6.45, 7) is 13.1. The highest BCUT2D eigenvalue weighted by atomic mass is 33.1. The van der Waals surface area contributed by atoms with Crippen LogP contribution in [0.4, 0.5) is 15.3 Å². The number of benzene rings is 3. The number of amides is 5. The van der Waals surface area contributed by atoms with E-state index >= 15 is 0 Å². The molecular weight excluding hydrogens is 1390 g/mol. The minimum absolute atomic E-state index is 0.0215. The van der Waals surface area contributed by atoms with Crippen molar-refractivity contribution in [2.75, 3.05) is 104 Å². The number of aromatic carboxylic acids is 1. The predicted octanol–water partition coefficient (Wildman–Crippen LogP) is 7.25. The number of nitrogens with zero attached hydrogens (tertiary/aromatic N) is 4. The van der Waals surface area contributed by atoms with Crippen LogP contribution in [-0.2, 0) is 69.6 Å². The van der Waals surface area contributed by atoms with Gasteiger partial charge in [-0.2, -0.15) is 8.62 Å². The van der Waals surface area contributed by atoms with Gasteiger partial charge in [0.15, 0.2) is 0 Å². The topological polar surface area (TPSA) is 494 Å². The number of carboxylic acids is 1. The van der Waals surface area contributed by atoms with Crippen LogP contribution in [0, 0.1) is 25.7 Å². The molecule has 1 saturated heterocycles. The number of alkyl carbamates (subject to hydrolysis) is 2. The Morgan fingerprint density at radius 2 is 1.56 bits per heavy atom. The second-order valence-electron chi connectivity index (χ2n) is 21.3. The SMILES string of the molecule is CC/N=c1/cc2oc3cc(NCC)c(C)cc3c(-c3cc(C(=O)NCCOCCOCCNC(=O)OCCC(C)(C)SSCOCCCCOC(=O)NCC#C/C(=C/N[C@H]4CC(OCN=[N+]=[N-])[C@@H](COP(=O)(O)OP(=O)(O)OP(=O)(O)O)O4)C(=O)NC=O)ccc3C(=O)O)c-2cc1C. The van der Waals surface area contributed by atoms with Crippen molar-refractivity contribution in [2.45, 2.75) is 90.4 Å². The van der Waals surface area contributed by atoms with E-state index in [2.05, 4.69) is 66.6 Å². The van der Waals surface area contributed by atoms with Gasteiger partial charge in [-0.3, -0.25) is 29.2 Å². The van der Waals surface area contributed by atoms with E-state index in [9.17, 15) is 57.4 Å². The number of hydrogen-bond donors (Lipinski definition) is 11. The molecule has 5 amide bonds. The van der Waals surface area contributed by atoms with Gasteiger partial charge in [0.25, 0.3) is 11.8 Å². The lowest BCUT2D eigenvalue weighted by atomic mass is 9.88. The molecule has 538 valence electrons. The Balaban J connectivity index is 0.907. The van der Waals surface area contributed by atoms with Crippen LogP contribution in [0.3, 0.4) is 0 Å². The predicted molar refractivity (Wildman–Crippen MR) is 357 cm³/mol. The Morgan fingerprint density at radius 3 is 2.26 bits per heavy atom. The highest BCUT2D eigenvalue weighted by molar-refractivity contribution is 8.77. The van der Waals surface area contributed by atoms with E-state index in [0.717, 1.165) is 28.4 Å². The third kappa shape index (κ3) is 28.6. The molecule has 5 atom stereocenters. The van der Waals surface area contributed by atoms with Crippen molar-refractivity contribution in [1.82, 2.24) is 26.6 Å². The summed E-state index contributed by atoms with van der Waals surface area (Å²) in [6.07, 6.45) is -2.31. The lowest BCUT2D eigenvalue weighted by molar-refractivity contribution is -0.122. The number of unbranched alkanes of at least 4 members (excludes halogenated alkanes) is 1. The fourth-order valence-electron chi connectivity index (χ4n) is 8.94. The van der Waals surface area contributed by atoms with Crippen LogP contribution >= 0.6 is 45.1 Å². The van der Waals surface area contributed by atoms with Crippen molar-refractivity contribution in [1.29, 1.82) is 0 Å². The number of phosphoric ester groups is 1. The second-order valence-corrected chi connectivity index (χ2v) is 28.7. The highest BCUT2D eigenvalue weighted by Gasteiger charge is 2.43. The van der Waals surface area contributed by atoms with Crippen LogP contribution in [0.15, 0.2) is 68.8 Å². The van der Waals surface area contributed by atoms with Gasteiger partial charge in [0.05, 0.1) is 69.8 Å².